The first-order chi connectivity index (χ1) is 8.75. The summed E-state index contributed by atoms with van der Waals surface area (Å²) in [6, 6.07) is 0.542. The van der Waals surface area contributed by atoms with Crippen LogP contribution < -0.4 is 5.32 Å². The van der Waals surface area contributed by atoms with Gasteiger partial charge in [-0.05, 0) is 57.4 Å². The molecule has 2 fully saturated rings. The van der Waals surface area contributed by atoms with Crippen LogP contribution in [-0.2, 0) is 9.53 Å². The normalized spacial score (nSPS) is 30.2. The van der Waals surface area contributed by atoms with Crippen molar-refractivity contribution in [3.8, 4) is 0 Å². The van der Waals surface area contributed by atoms with Gasteiger partial charge in [-0.15, -0.1) is 0 Å². The molecule has 2 aliphatic rings. The highest BCUT2D eigenvalue weighted by Crippen LogP contribution is 2.24. The van der Waals surface area contributed by atoms with Crippen molar-refractivity contribution in [3.63, 3.8) is 0 Å². The van der Waals surface area contributed by atoms with Gasteiger partial charge in [0.15, 0.2) is 0 Å². The lowest BCUT2D eigenvalue weighted by Crippen LogP contribution is -2.36. The van der Waals surface area contributed by atoms with Crippen LogP contribution in [0.4, 0.5) is 0 Å². The SMILES string of the molecule is O=C(O)C1CCC(NCCC2CCOCC2)CC1. The minimum absolute atomic E-state index is 0.0986. The van der Waals surface area contributed by atoms with Crippen molar-refractivity contribution in [1.82, 2.24) is 5.32 Å². The van der Waals surface area contributed by atoms with Crippen molar-refractivity contribution in [2.45, 2.75) is 51.0 Å². The first kappa shape index (κ1) is 13.8. The summed E-state index contributed by atoms with van der Waals surface area (Å²) < 4.78 is 5.35. The molecule has 0 bridgehead atoms. The van der Waals surface area contributed by atoms with E-state index in [0.29, 0.717) is 6.04 Å². The molecule has 4 heteroatoms. The zero-order valence-corrected chi connectivity index (χ0v) is 11.1. The Bertz CT molecular complexity index is 256. The van der Waals surface area contributed by atoms with E-state index in [9.17, 15) is 4.79 Å². The van der Waals surface area contributed by atoms with Gasteiger partial charge in [0.1, 0.15) is 0 Å². The van der Waals surface area contributed by atoms with Gasteiger partial charge in [-0.25, -0.2) is 0 Å². The second-order valence-corrected chi connectivity index (χ2v) is 5.69. The Morgan fingerprint density at radius 1 is 1.11 bits per heavy atom. The Balaban J connectivity index is 1.56. The number of ether oxygens (including phenoxy) is 1. The highest BCUT2D eigenvalue weighted by molar-refractivity contribution is 5.70. The number of hydrogen-bond donors (Lipinski definition) is 2. The van der Waals surface area contributed by atoms with E-state index in [2.05, 4.69) is 5.32 Å². The van der Waals surface area contributed by atoms with Crippen LogP contribution in [0.2, 0.25) is 0 Å². The number of rotatable bonds is 5. The van der Waals surface area contributed by atoms with Crippen molar-refractivity contribution in [3.05, 3.63) is 0 Å². The molecule has 0 aromatic carbocycles. The van der Waals surface area contributed by atoms with Gasteiger partial charge in [-0.3, -0.25) is 4.79 Å². The van der Waals surface area contributed by atoms with Gasteiger partial charge in [-0.2, -0.15) is 0 Å². The smallest absolute Gasteiger partial charge is 0.306 e. The van der Waals surface area contributed by atoms with Gasteiger partial charge in [0.2, 0.25) is 0 Å². The van der Waals surface area contributed by atoms with Crippen LogP contribution >= 0.6 is 0 Å². The third kappa shape index (κ3) is 4.25. The second kappa shape index (κ2) is 7.10. The summed E-state index contributed by atoms with van der Waals surface area (Å²) >= 11 is 0. The van der Waals surface area contributed by atoms with Crippen LogP contribution in [0, 0.1) is 11.8 Å². The lowest BCUT2D eigenvalue weighted by atomic mass is 9.86. The van der Waals surface area contributed by atoms with Crippen molar-refractivity contribution < 1.29 is 14.6 Å². The summed E-state index contributed by atoms with van der Waals surface area (Å²) in [6.45, 7) is 2.93. The first-order valence-electron chi connectivity index (χ1n) is 7.29. The fraction of sp³-hybridized carbons (Fsp3) is 0.929. The molecule has 0 aromatic rings. The zero-order valence-electron chi connectivity index (χ0n) is 11.1. The van der Waals surface area contributed by atoms with Crippen molar-refractivity contribution in [1.29, 1.82) is 0 Å². The van der Waals surface area contributed by atoms with Gasteiger partial charge >= 0.3 is 5.97 Å². The third-order valence-electron chi connectivity index (χ3n) is 4.40. The molecule has 0 unspecified atom stereocenters. The lowest BCUT2D eigenvalue weighted by molar-refractivity contribution is -0.142. The van der Waals surface area contributed by atoms with Crippen LogP contribution in [0.5, 0.6) is 0 Å². The maximum absolute atomic E-state index is 10.8. The Kier molecular flexibility index (Phi) is 5.45. The second-order valence-electron chi connectivity index (χ2n) is 5.69. The summed E-state index contributed by atoms with van der Waals surface area (Å²) in [5.74, 6) is 0.107. The Labute approximate surface area is 109 Å². The van der Waals surface area contributed by atoms with Crippen LogP contribution in [-0.4, -0.2) is 36.9 Å². The summed E-state index contributed by atoms with van der Waals surface area (Å²) in [4.78, 5) is 10.8. The third-order valence-corrected chi connectivity index (χ3v) is 4.40. The predicted octanol–water partition coefficient (Wildman–Crippen LogP) is 2.04. The Morgan fingerprint density at radius 3 is 2.39 bits per heavy atom. The number of carboxylic acids is 1. The van der Waals surface area contributed by atoms with Gasteiger partial charge in [-0.1, -0.05) is 0 Å². The molecule has 0 radical (unpaired) electrons. The van der Waals surface area contributed by atoms with E-state index in [0.717, 1.165) is 51.4 Å². The molecule has 1 heterocycles. The monoisotopic (exact) mass is 255 g/mol. The molecule has 4 nitrogen and oxygen atoms in total. The largest absolute Gasteiger partial charge is 0.481 e. The topological polar surface area (TPSA) is 58.6 Å². The quantitative estimate of drug-likeness (QED) is 0.789. The van der Waals surface area contributed by atoms with Gasteiger partial charge in [0, 0.05) is 19.3 Å². The molecule has 1 aliphatic carbocycles. The van der Waals surface area contributed by atoms with E-state index in [-0.39, 0.29) is 5.92 Å². The van der Waals surface area contributed by atoms with Crippen LogP contribution in [0.1, 0.15) is 44.9 Å². The summed E-state index contributed by atoms with van der Waals surface area (Å²) in [5, 5.41) is 12.5. The standard InChI is InChI=1S/C14H25NO3/c16-14(17)12-1-3-13(4-2-12)15-8-5-11-6-9-18-10-7-11/h11-13,15H,1-10H2,(H,16,17). The minimum Gasteiger partial charge on any atom is -0.481 e. The van der Waals surface area contributed by atoms with E-state index in [1.54, 1.807) is 0 Å². The molecule has 1 saturated carbocycles. The molecule has 0 amide bonds. The average molecular weight is 255 g/mol. The zero-order chi connectivity index (χ0) is 12.8. The van der Waals surface area contributed by atoms with Crippen LogP contribution in [0.15, 0.2) is 0 Å². The number of hydrogen-bond acceptors (Lipinski definition) is 3. The Morgan fingerprint density at radius 2 is 1.78 bits per heavy atom. The molecule has 0 spiro atoms. The first-order valence-corrected chi connectivity index (χ1v) is 7.29. The molecular weight excluding hydrogens is 230 g/mol. The maximum atomic E-state index is 10.8. The van der Waals surface area contributed by atoms with E-state index >= 15 is 0 Å². The van der Waals surface area contributed by atoms with Crippen LogP contribution in [0.25, 0.3) is 0 Å². The molecule has 0 aromatic heterocycles. The van der Waals surface area contributed by atoms with E-state index in [4.69, 9.17) is 9.84 Å². The van der Waals surface area contributed by atoms with Gasteiger partial charge in [0.05, 0.1) is 5.92 Å². The number of aliphatic carboxylic acids is 1. The molecule has 2 N–H and O–H groups in total. The number of carbonyl (C=O) groups is 1. The molecule has 18 heavy (non-hydrogen) atoms. The molecule has 0 atom stereocenters. The molecule has 104 valence electrons. The van der Waals surface area contributed by atoms with E-state index < -0.39 is 5.97 Å². The molecular formula is C14H25NO3. The van der Waals surface area contributed by atoms with Gasteiger partial charge in [0.25, 0.3) is 0 Å². The summed E-state index contributed by atoms with van der Waals surface area (Å²) in [7, 11) is 0. The van der Waals surface area contributed by atoms with Gasteiger partial charge < -0.3 is 15.2 Å². The van der Waals surface area contributed by atoms with Crippen molar-refractivity contribution >= 4 is 5.97 Å². The Hall–Kier alpha value is -0.610. The molecule has 2 rings (SSSR count). The predicted molar refractivity (Wildman–Crippen MR) is 69.5 cm³/mol. The van der Waals surface area contributed by atoms with Crippen LogP contribution in [0.3, 0.4) is 0 Å². The average Bonchev–Trinajstić information content (AvgIpc) is 2.40. The summed E-state index contributed by atoms with van der Waals surface area (Å²) in [5.41, 5.74) is 0. The van der Waals surface area contributed by atoms with E-state index in [1.165, 1.54) is 19.3 Å². The highest BCUT2D eigenvalue weighted by Gasteiger charge is 2.25. The maximum Gasteiger partial charge on any atom is 0.306 e. The van der Waals surface area contributed by atoms with Crippen molar-refractivity contribution in [2.75, 3.05) is 19.8 Å². The number of nitrogens with one attached hydrogen (secondary N) is 1. The fourth-order valence-corrected chi connectivity index (χ4v) is 3.07. The lowest BCUT2D eigenvalue weighted by Gasteiger charge is -2.28. The highest BCUT2D eigenvalue weighted by atomic mass is 16.5. The molecule has 1 saturated heterocycles. The number of carboxylic acid groups (broad SMARTS) is 1. The summed E-state index contributed by atoms with van der Waals surface area (Å²) in [6.07, 6.45) is 7.35. The minimum atomic E-state index is -0.615. The fourth-order valence-electron chi connectivity index (χ4n) is 3.07. The van der Waals surface area contributed by atoms with E-state index in [1.807, 2.05) is 0 Å². The molecule has 1 aliphatic heterocycles. The van der Waals surface area contributed by atoms with Crippen molar-refractivity contribution in [2.24, 2.45) is 11.8 Å².